The van der Waals surface area contributed by atoms with E-state index in [4.69, 9.17) is 23.8 Å². The van der Waals surface area contributed by atoms with Gasteiger partial charge in [-0.2, -0.15) is 0 Å². The van der Waals surface area contributed by atoms with Gasteiger partial charge in [0.25, 0.3) is 0 Å². The molecule has 1 aromatic carbocycles. The molecule has 0 saturated heterocycles. The summed E-state index contributed by atoms with van der Waals surface area (Å²) < 4.78 is 0. The third kappa shape index (κ3) is 3.25. The Morgan fingerprint density at radius 1 is 1.38 bits per heavy atom. The molecule has 0 aliphatic carbocycles. The van der Waals surface area contributed by atoms with Crippen molar-refractivity contribution < 1.29 is 4.79 Å². The largest absolute Gasteiger partial charge is 0.300 e. The molecule has 1 nitrogen and oxygen atoms in total. The number of carbonyl (C=O) groups is 1. The SMILES string of the molecule is CC(=O)CC(=S)c1ccc(Cl)cc1. The van der Waals surface area contributed by atoms with Gasteiger partial charge >= 0.3 is 0 Å². The predicted molar refractivity (Wildman–Crippen MR) is 58.5 cm³/mol. The van der Waals surface area contributed by atoms with Gasteiger partial charge in [0.15, 0.2) is 0 Å². The molecule has 0 unspecified atom stereocenters. The van der Waals surface area contributed by atoms with Gasteiger partial charge in [-0.1, -0.05) is 36.0 Å². The van der Waals surface area contributed by atoms with Crippen molar-refractivity contribution in [3.05, 3.63) is 34.9 Å². The molecule has 0 fully saturated rings. The van der Waals surface area contributed by atoms with Crippen LogP contribution in [0, 0.1) is 0 Å². The average molecular weight is 213 g/mol. The van der Waals surface area contributed by atoms with Crippen molar-refractivity contribution in [1.82, 2.24) is 0 Å². The minimum atomic E-state index is 0.0833. The number of carbonyl (C=O) groups excluding carboxylic acids is 1. The van der Waals surface area contributed by atoms with Crippen LogP contribution in [0.5, 0.6) is 0 Å². The highest BCUT2D eigenvalue weighted by Crippen LogP contribution is 2.11. The summed E-state index contributed by atoms with van der Waals surface area (Å²) >= 11 is 10.8. The topological polar surface area (TPSA) is 17.1 Å². The molecule has 1 rings (SSSR count). The lowest BCUT2D eigenvalue weighted by Crippen LogP contribution is -2.02. The fourth-order valence-corrected chi connectivity index (χ4v) is 1.43. The van der Waals surface area contributed by atoms with Crippen molar-refractivity contribution in [3.63, 3.8) is 0 Å². The first-order chi connectivity index (χ1) is 6.09. The van der Waals surface area contributed by atoms with E-state index in [0.717, 1.165) is 5.56 Å². The Bertz CT molecular complexity index is 329. The molecule has 68 valence electrons. The Hall–Kier alpha value is -0.730. The molecule has 0 bridgehead atoms. The number of rotatable bonds is 3. The minimum Gasteiger partial charge on any atom is -0.300 e. The van der Waals surface area contributed by atoms with E-state index in [9.17, 15) is 4.79 Å². The number of benzene rings is 1. The molecule has 0 saturated carbocycles. The zero-order valence-electron chi connectivity index (χ0n) is 7.21. The fourth-order valence-electron chi connectivity index (χ4n) is 0.964. The normalized spacial score (nSPS) is 9.69. The van der Waals surface area contributed by atoms with Crippen LogP contribution in [0.3, 0.4) is 0 Å². The number of Topliss-reactive ketones (excluding diaryl/α,β-unsaturated/α-hetero) is 1. The van der Waals surface area contributed by atoms with E-state index >= 15 is 0 Å². The van der Waals surface area contributed by atoms with Crippen molar-refractivity contribution in [3.8, 4) is 0 Å². The van der Waals surface area contributed by atoms with Crippen molar-refractivity contribution in [2.24, 2.45) is 0 Å². The summed E-state index contributed by atoms with van der Waals surface area (Å²) in [5.74, 6) is 0.0833. The van der Waals surface area contributed by atoms with Crippen LogP contribution in [0.15, 0.2) is 24.3 Å². The number of hydrogen-bond donors (Lipinski definition) is 0. The second kappa shape index (κ2) is 4.49. The van der Waals surface area contributed by atoms with E-state index in [1.807, 2.05) is 12.1 Å². The highest BCUT2D eigenvalue weighted by Gasteiger charge is 2.03. The summed E-state index contributed by atoms with van der Waals surface area (Å²) in [7, 11) is 0. The van der Waals surface area contributed by atoms with Crippen molar-refractivity contribution in [1.29, 1.82) is 0 Å². The number of thiocarbonyl (C=S) groups is 1. The van der Waals surface area contributed by atoms with E-state index in [-0.39, 0.29) is 5.78 Å². The van der Waals surface area contributed by atoms with Gasteiger partial charge in [-0.15, -0.1) is 0 Å². The molecule has 0 aromatic heterocycles. The molecule has 0 amide bonds. The van der Waals surface area contributed by atoms with Crippen LogP contribution in [-0.4, -0.2) is 10.6 Å². The number of hydrogen-bond acceptors (Lipinski definition) is 2. The van der Waals surface area contributed by atoms with Gasteiger partial charge < -0.3 is 0 Å². The quantitative estimate of drug-likeness (QED) is 0.566. The van der Waals surface area contributed by atoms with Crippen LogP contribution < -0.4 is 0 Å². The molecule has 0 aliphatic rings. The van der Waals surface area contributed by atoms with Gasteiger partial charge in [-0.05, 0) is 24.6 Å². The van der Waals surface area contributed by atoms with Gasteiger partial charge in [0.05, 0.1) is 0 Å². The maximum Gasteiger partial charge on any atom is 0.135 e. The van der Waals surface area contributed by atoms with Gasteiger partial charge in [0.2, 0.25) is 0 Å². The number of ketones is 1. The maximum atomic E-state index is 10.8. The zero-order valence-corrected chi connectivity index (χ0v) is 8.78. The summed E-state index contributed by atoms with van der Waals surface area (Å²) in [5.41, 5.74) is 0.898. The summed E-state index contributed by atoms with van der Waals surface area (Å²) in [5, 5.41) is 0.675. The van der Waals surface area contributed by atoms with Gasteiger partial charge in [0, 0.05) is 16.3 Å². The van der Waals surface area contributed by atoms with Crippen LogP contribution in [0.25, 0.3) is 0 Å². The maximum absolute atomic E-state index is 10.8. The summed E-state index contributed by atoms with van der Waals surface area (Å²) in [4.78, 5) is 11.5. The molecule has 0 radical (unpaired) electrons. The third-order valence-corrected chi connectivity index (χ3v) is 2.21. The van der Waals surface area contributed by atoms with E-state index < -0.39 is 0 Å². The Balaban J connectivity index is 2.78. The second-order valence-corrected chi connectivity index (χ2v) is 3.74. The molecule has 0 N–H and O–H groups in total. The van der Waals surface area contributed by atoms with E-state index in [0.29, 0.717) is 16.3 Å². The smallest absolute Gasteiger partial charge is 0.135 e. The van der Waals surface area contributed by atoms with Crippen LogP contribution in [0.1, 0.15) is 18.9 Å². The molecular formula is C10H9ClOS. The lowest BCUT2D eigenvalue weighted by molar-refractivity contribution is -0.115. The molecule has 0 aliphatic heterocycles. The Labute approximate surface area is 87.7 Å². The summed E-state index contributed by atoms with van der Waals surface area (Å²) in [6, 6.07) is 7.19. The zero-order chi connectivity index (χ0) is 9.84. The summed E-state index contributed by atoms with van der Waals surface area (Å²) in [6.45, 7) is 1.53. The van der Waals surface area contributed by atoms with Crippen LogP contribution in [-0.2, 0) is 4.79 Å². The second-order valence-electron chi connectivity index (χ2n) is 2.81. The predicted octanol–water partition coefficient (Wildman–Crippen LogP) is 3.04. The average Bonchev–Trinajstić information content (AvgIpc) is 2.04. The highest BCUT2D eigenvalue weighted by atomic mass is 35.5. The molecule has 0 spiro atoms. The standard InChI is InChI=1S/C10H9ClOS/c1-7(12)6-10(13)8-2-4-9(11)5-3-8/h2-5H,6H2,1H3. The first-order valence-electron chi connectivity index (χ1n) is 3.88. The molecule has 0 atom stereocenters. The van der Waals surface area contributed by atoms with Gasteiger partial charge in [0.1, 0.15) is 5.78 Å². The van der Waals surface area contributed by atoms with Crippen molar-refractivity contribution in [2.75, 3.05) is 0 Å². The first kappa shape index (κ1) is 10.4. The monoisotopic (exact) mass is 212 g/mol. The lowest BCUT2D eigenvalue weighted by atomic mass is 10.1. The van der Waals surface area contributed by atoms with Crippen molar-refractivity contribution >= 4 is 34.5 Å². The fraction of sp³-hybridized carbons (Fsp3) is 0.200. The third-order valence-electron chi connectivity index (χ3n) is 1.58. The van der Waals surface area contributed by atoms with Crippen LogP contribution in [0.4, 0.5) is 0 Å². The summed E-state index contributed by atoms with van der Waals surface area (Å²) in [6.07, 6.45) is 0.330. The number of halogens is 1. The van der Waals surface area contributed by atoms with Gasteiger partial charge in [-0.3, -0.25) is 4.79 Å². The van der Waals surface area contributed by atoms with Gasteiger partial charge in [-0.25, -0.2) is 0 Å². The van der Waals surface area contributed by atoms with E-state index in [1.54, 1.807) is 12.1 Å². The van der Waals surface area contributed by atoms with E-state index in [1.165, 1.54) is 6.92 Å². The minimum absolute atomic E-state index is 0.0833. The first-order valence-corrected chi connectivity index (χ1v) is 4.66. The molecule has 3 heteroatoms. The Morgan fingerprint density at radius 3 is 2.38 bits per heavy atom. The van der Waals surface area contributed by atoms with Crippen LogP contribution >= 0.6 is 23.8 Å². The van der Waals surface area contributed by atoms with Crippen molar-refractivity contribution in [2.45, 2.75) is 13.3 Å². The highest BCUT2D eigenvalue weighted by molar-refractivity contribution is 7.80. The lowest BCUT2D eigenvalue weighted by Gasteiger charge is -2.00. The van der Waals surface area contributed by atoms with E-state index in [2.05, 4.69) is 0 Å². The molecular weight excluding hydrogens is 204 g/mol. The molecule has 1 aromatic rings. The Morgan fingerprint density at radius 2 is 1.92 bits per heavy atom. The van der Waals surface area contributed by atoms with Crippen LogP contribution in [0.2, 0.25) is 5.02 Å². The Kier molecular flexibility index (Phi) is 3.58. The molecule has 0 heterocycles. The molecule has 13 heavy (non-hydrogen) atoms.